The number of hydrogen-bond acceptors (Lipinski definition) is 5. The standard InChI is InChI=1S/C10H9BrN4OS/c11-8-3-1-7(2-4-8)6-16-9-5-13-14-10(17)15(9)12/h1-5H,6,12H2. The van der Waals surface area contributed by atoms with Crippen molar-refractivity contribution >= 4 is 28.1 Å². The lowest BCUT2D eigenvalue weighted by Crippen LogP contribution is -2.16. The highest BCUT2D eigenvalue weighted by atomic mass is 79.9. The number of rotatable bonds is 3. The van der Waals surface area contributed by atoms with Gasteiger partial charge in [0, 0.05) is 4.47 Å². The van der Waals surface area contributed by atoms with Crippen molar-refractivity contribution in [1.29, 1.82) is 0 Å². The molecule has 0 radical (unpaired) electrons. The van der Waals surface area contributed by atoms with Gasteiger partial charge in [0.15, 0.2) is 0 Å². The van der Waals surface area contributed by atoms with Gasteiger partial charge in [-0.2, -0.15) is 9.77 Å². The zero-order chi connectivity index (χ0) is 12.3. The van der Waals surface area contributed by atoms with E-state index >= 15 is 0 Å². The molecule has 7 heteroatoms. The highest BCUT2D eigenvalue weighted by molar-refractivity contribution is 9.10. The van der Waals surface area contributed by atoms with E-state index in [1.54, 1.807) is 0 Å². The van der Waals surface area contributed by atoms with Crippen LogP contribution >= 0.6 is 28.1 Å². The molecule has 0 saturated heterocycles. The van der Waals surface area contributed by atoms with Crippen LogP contribution < -0.4 is 10.6 Å². The van der Waals surface area contributed by atoms with Crippen molar-refractivity contribution in [2.24, 2.45) is 0 Å². The molecule has 0 saturated carbocycles. The second kappa shape index (κ2) is 5.24. The predicted octanol–water partition coefficient (Wildman–Crippen LogP) is 2.06. The van der Waals surface area contributed by atoms with Crippen molar-refractivity contribution in [2.45, 2.75) is 6.61 Å². The third kappa shape index (κ3) is 3.01. The molecule has 0 fully saturated rings. The fraction of sp³-hybridized carbons (Fsp3) is 0.100. The highest BCUT2D eigenvalue weighted by Gasteiger charge is 2.01. The Labute approximate surface area is 111 Å². The average Bonchev–Trinajstić information content (AvgIpc) is 2.33. The van der Waals surface area contributed by atoms with Crippen molar-refractivity contribution in [2.75, 3.05) is 5.84 Å². The van der Waals surface area contributed by atoms with Crippen LogP contribution in [0.5, 0.6) is 5.88 Å². The van der Waals surface area contributed by atoms with E-state index in [1.165, 1.54) is 10.9 Å². The number of aromatic nitrogens is 3. The predicted molar refractivity (Wildman–Crippen MR) is 69.5 cm³/mol. The third-order valence-electron chi connectivity index (χ3n) is 2.05. The number of benzene rings is 1. The Morgan fingerprint density at radius 2 is 2.06 bits per heavy atom. The minimum Gasteiger partial charge on any atom is -0.472 e. The minimum atomic E-state index is 0.179. The average molecular weight is 313 g/mol. The monoisotopic (exact) mass is 312 g/mol. The summed E-state index contributed by atoms with van der Waals surface area (Å²) in [4.78, 5) is 0. The smallest absolute Gasteiger partial charge is 0.241 e. The van der Waals surface area contributed by atoms with Gasteiger partial charge in [-0.05, 0) is 29.9 Å². The molecule has 0 atom stereocenters. The summed E-state index contributed by atoms with van der Waals surface area (Å²) in [5.41, 5.74) is 1.02. The van der Waals surface area contributed by atoms with E-state index in [4.69, 9.17) is 22.8 Å². The van der Waals surface area contributed by atoms with Gasteiger partial charge in [-0.15, -0.1) is 5.10 Å². The van der Waals surface area contributed by atoms with Crippen molar-refractivity contribution in [3.63, 3.8) is 0 Å². The Bertz CT molecular complexity index is 569. The summed E-state index contributed by atoms with van der Waals surface area (Å²) in [6.45, 7) is 0.394. The van der Waals surface area contributed by atoms with Gasteiger partial charge in [-0.1, -0.05) is 28.1 Å². The molecule has 1 heterocycles. The van der Waals surface area contributed by atoms with Gasteiger partial charge < -0.3 is 10.6 Å². The van der Waals surface area contributed by atoms with Crippen LogP contribution in [0.3, 0.4) is 0 Å². The van der Waals surface area contributed by atoms with Gasteiger partial charge >= 0.3 is 0 Å². The minimum absolute atomic E-state index is 0.179. The van der Waals surface area contributed by atoms with E-state index in [0.717, 1.165) is 10.0 Å². The maximum atomic E-state index is 5.65. The number of ether oxygens (including phenoxy) is 1. The number of halogens is 1. The first-order chi connectivity index (χ1) is 8.16. The third-order valence-corrected chi connectivity index (χ3v) is 2.86. The first kappa shape index (κ1) is 12.0. The van der Waals surface area contributed by atoms with Crippen LogP contribution in [0.15, 0.2) is 34.9 Å². The van der Waals surface area contributed by atoms with Crippen molar-refractivity contribution in [3.05, 3.63) is 45.3 Å². The molecule has 0 aliphatic heterocycles. The Morgan fingerprint density at radius 1 is 1.35 bits per heavy atom. The van der Waals surface area contributed by atoms with Crippen LogP contribution in [-0.4, -0.2) is 14.9 Å². The van der Waals surface area contributed by atoms with E-state index in [0.29, 0.717) is 12.5 Å². The molecule has 1 aromatic heterocycles. The van der Waals surface area contributed by atoms with Gasteiger partial charge in [0.25, 0.3) is 0 Å². The molecule has 88 valence electrons. The van der Waals surface area contributed by atoms with Crippen molar-refractivity contribution in [3.8, 4) is 5.88 Å². The van der Waals surface area contributed by atoms with Crippen LogP contribution in [0.1, 0.15) is 5.56 Å². The Kier molecular flexibility index (Phi) is 3.70. The van der Waals surface area contributed by atoms with E-state index in [1.807, 2.05) is 24.3 Å². The second-order valence-corrected chi connectivity index (χ2v) is 4.53. The van der Waals surface area contributed by atoms with Crippen LogP contribution in [0.25, 0.3) is 0 Å². The molecular weight excluding hydrogens is 304 g/mol. The fourth-order valence-electron chi connectivity index (χ4n) is 1.18. The lowest BCUT2D eigenvalue weighted by Gasteiger charge is -2.09. The molecule has 0 spiro atoms. The molecule has 2 aromatic rings. The fourth-order valence-corrected chi connectivity index (χ4v) is 1.58. The normalized spacial score (nSPS) is 10.2. The van der Waals surface area contributed by atoms with E-state index < -0.39 is 0 Å². The van der Waals surface area contributed by atoms with Crippen LogP contribution in [0.4, 0.5) is 0 Å². The zero-order valence-corrected chi connectivity index (χ0v) is 11.1. The van der Waals surface area contributed by atoms with Crippen LogP contribution in [0.2, 0.25) is 0 Å². The molecule has 0 aliphatic rings. The zero-order valence-electron chi connectivity index (χ0n) is 8.71. The second-order valence-electron chi connectivity index (χ2n) is 3.25. The van der Waals surface area contributed by atoms with Gasteiger partial charge in [0.05, 0.1) is 0 Å². The van der Waals surface area contributed by atoms with Crippen LogP contribution in [0, 0.1) is 4.77 Å². The maximum Gasteiger partial charge on any atom is 0.241 e. The van der Waals surface area contributed by atoms with E-state index in [9.17, 15) is 0 Å². The van der Waals surface area contributed by atoms with Crippen LogP contribution in [-0.2, 0) is 6.61 Å². The quantitative estimate of drug-likeness (QED) is 0.694. The first-order valence-corrected chi connectivity index (χ1v) is 5.94. The highest BCUT2D eigenvalue weighted by Crippen LogP contribution is 2.13. The molecule has 0 bridgehead atoms. The molecule has 0 unspecified atom stereocenters. The van der Waals surface area contributed by atoms with Crippen molar-refractivity contribution in [1.82, 2.24) is 14.9 Å². The molecule has 0 aliphatic carbocycles. The summed E-state index contributed by atoms with van der Waals surface area (Å²) < 4.78 is 7.88. The Morgan fingerprint density at radius 3 is 2.76 bits per heavy atom. The number of nitrogens with zero attached hydrogens (tertiary/aromatic N) is 3. The lowest BCUT2D eigenvalue weighted by atomic mass is 10.2. The topological polar surface area (TPSA) is 66.0 Å². The molecule has 1 aromatic carbocycles. The van der Waals surface area contributed by atoms with E-state index in [-0.39, 0.29) is 4.77 Å². The van der Waals surface area contributed by atoms with Gasteiger partial charge in [-0.3, -0.25) is 0 Å². The first-order valence-electron chi connectivity index (χ1n) is 4.74. The Balaban J connectivity index is 2.10. The summed E-state index contributed by atoms with van der Waals surface area (Å²) in [6.07, 6.45) is 1.43. The summed E-state index contributed by atoms with van der Waals surface area (Å²) >= 11 is 8.23. The summed E-state index contributed by atoms with van der Waals surface area (Å²) in [5, 5.41) is 7.31. The molecule has 2 rings (SSSR count). The lowest BCUT2D eigenvalue weighted by molar-refractivity contribution is 0.280. The number of nitrogens with two attached hydrogens (primary N) is 1. The molecule has 17 heavy (non-hydrogen) atoms. The number of hydrogen-bond donors (Lipinski definition) is 1. The maximum absolute atomic E-state index is 5.65. The largest absolute Gasteiger partial charge is 0.472 e. The summed E-state index contributed by atoms with van der Waals surface area (Å²) in [5.74, 6) is 6.03. The SMILES string of the molecule is Nn1c(OCc2ccc(Br)cc2)cnnc1=S. The summed E-state index contributed by atoms with van der Waals surface area (Å²) in [7, 11) is 0. The molecular formula is C10H9BrN4OS. The summed E-state index contributed by atoms with van der Waals surface area (Å²) in [6, 6.07) is 7.79. The van der Waals surface area contributed by atoms with E-state index in [2.05, 4.69) is 26.1 Å². The van der Waals surface area contributed by atoms with Gasteiger partial charge in [0.2, 0.25) is 10.7 Å². The molecule has 5 nitrogen and oxygen atoms in total. The number of nitrogen functional groups attached to an aromatic ring is 1. The van der Waals surface area contributed by atoms with Crippen molar-refractivity contribution < 1.29 is 4.74 Å². The Hall–Kier alpha value is -1.47. The van der Waals surface area contributed by atoms with Gasteiger partial charge in [-0.25, -0.2) is 0 Å². The molecule has 2 N–H and O–H groups in total. The molecule has 0 amide bonds. The van der Waals surface area contributed by atoms with Gasteiger partial charge in [0.1, 0.15) is 12.8 Å².